The standard InChI is InChI=1S/C12H16O4/c1-4-5-8-6-9-7-15-16-11(9)12(14-3)10(8)13-2/h6H,4-5,7H2,1-3H3. The van der Waals surface area contributed by atoms with Gasteiger partial charge in [0.25, 0.3) is 0 Å². The van der Waals surface area contributed by atoms with Crippen LogP contribution in [0.1, 0.15) is 24.5 Å². The highest BCUT2D eigenvalue weighted by atomic mass is 17.2. The summed E-state index contributed by atoms with van der Waals surface area (Å²) in [6.07, 6.45) is 2.01. The summed E-state index contributed by atoms with van der Waals surface area (Å²) in [5.41, 5.74) is 2.15. The molecule has 1 aromatic carbocycles. The molecule has 16 heavy (non-hydrogen) atoms. The van der Waals surface area contributed by atoms with Crippen molar-refractivity contribution in [3.05, 3.63) is 17.2 Å². The van der Waals surface area contributed by atoms with Gasteiger partial charge in [0.15, 0.2) is 5.75 Å². The Labute approximate surface area is 95.0 Å². The summed E-state index contributed by atoms with van der Waals surface area (Å²) in [6, 6.07) is 2.06. The molecule has 0 atom stereocenters. The predicted octanol–water partition coefficient (Wildman–Crippen LogP) is 2.48. The van der Waals surface area contributed by atoms with Crippen LogP contribution in [-0.4, -0.2) is 14.2 Å². The van der Waals surface area contributed by atoms with Gasteiger partial charge in [-0.15, -0.1) is 0 Å². The molecule has 0 N–H and O–H groups in total. The normalized spacial score (nSPS) is 13.2. The van der Waals surface area contributed by atoms with Gasteiger partial charge in [0, 0.05) is 5.56 Å². The molecule has 0 aromatic heterocycles. The van der Waals surface area contributed by atoms with Gasteiger partial charge in [0.2, 0.25) is 11.5 Å². The van der Waals surface area contributed by atoms with E-state index in [-0.39, 0.29) is 0 Å². The molecule has 1 aliphatic rings. The number of hydrogen-bond donors (Lipinski definition) is 0. The van der Waals surface area contributed by atoms with E-state index in [0.29, 0.717) is 18.1 Å². The van der Waals surface area contributed by atoms with Gasteiger partial charge in [-0.25, -0.2) is 0 Å². The second-order valence-electron chi connectivity index (χ2n) is 3.69. The van der Waals surface area contributed by atoms with E-state index in [1.54, 1.807) is 14.2 Å². The van der Waals surface area contributed by atoms with Gasteiger partial charge in [0.1, 0.15) is 6.61 Å². The van der Waals surface area contributed by atoms with Crippen molar-refractivity contribution >= 4 is 0 Å². The Kier molecular flexibility index (Phi) is 3.19. The molecule has 4 heteroatoms. The highest BCUT2D eigenvalue weighted by Crippen LogP contribution is 2.45. The number of hydrogen-bond acceptors (Lipinski definition) is 4. The van der Waals surface area contributed by atoms with Crippen molar-refractivity contribution in [3.8, 4) is 17.2 Å². The summed E-state index contributed by atoms with van der Waals surface area (Å²) in [4.78, 5) is 10.0. The first-order valence-electron chi connectivity index (χ1n) is 5.38. The maximum atomic E-state index is 5.38. The van der Waals surface area contributed by atoms with E-state index >= 15 is 0 Å². The molecule has 0 fully saturated rings. The third-order valence-corrected chi connectivity index (χ3v) is 2.63. The van der Waals surface area contributed by atoms with Crippen LogP contribution in [-0.2, 0) is 17.9 Å². The first-order chi connectivity index (χ1) is 7.81. The van der Waals surface area contributed by atoms with Crippen molar-refractivity contribution < 1.29 is 19.2 Å². The summed E-state index contributed by atoms with van der Waals surface area (Å²) in [5.74, 6) is 2.01. The van der Waals surface area contributed by atoms with Crippen LogP contribution in [0, 0.1) is 0 Å². The summed E-state index contributed by atoms with van der Waals surface area (Å²) in [7, 11) is 3.24. The van der Waals surface area contributed by atoms with Gasteiger partial charge >= 0.3 is 0 Å². The van der Waals surface area contributed by atoms with Crippen LogP contribution in [0.25, 0.3) is 0 Å². The number of ether oxygens (including phenoxy) is 2. The summed E-state index contributed by atoms with van der Waals surface area (Å²) in [5, 5.41) is 0. The Morgan fingerprint density at radius 3 is 2.62 bits per heavy atom. The molecular weight excluding hydrogens is 208 g/mol. The van der Waals surface area contributed by atoms with E-state index in [9.17, 15) is 0 Å². The Bertz CT molecular complexity index is 387. The van der Waals surface area contributed by atoms with Crippen LogP contribution in [0.15, 0.2) is 6.07 Å². The smallest absolute Gasteiger partial charge is 0.216 e. The average molecular weight is 224 g/mol. The lowest BCUT2D eigenvalue weighted by Gasteiger charge is -2.14. The fraction of sp³-hybridized carbons (Fsp3) is 0.500. The van der Waals surface area contributed by atoms with Crippen molar-refractivity contribution in [2.45, 2.75) is 26.4 Å². The van der Waals surface area contributed by atoms with Crippen molar-refractivity contribution in [1.29, 1.82) is 0 Å². The summed E-state index contributed by atoms with van der Waals surface area (Å²) >= 11 is 0. The van der Waals surface area contributed by atoms with Crippen LogP contribution in [0.5, 0.6) is 17.2 Å². The second-order valence-corrected chi connectivity index (χ2v) is 3.69. The first-order valence-corrected chi connectivity index (χ1v) is 5.38. The topological polar surface area (TPSA) is 36.9 Å². The van der Waals surface area contributed by atoms with Crippen LogP contribution < -0.4 is 14.4 Å². The Morgan fingerprint density at radius 1 is 1.25 bits per heavy atom. The number of fused-ring (bicyclic) bond motifs is 1. The van der Waals surface area contributed by atoms with Gasteiger partial charge in [-0.1, -0.05) is 13.3 Å². The molecule has 1 aromatic rings. The molecule has 0 spiro atoms. The van der Waals surface area contributed by atoms with Gasteiger partial charge in [-0.3, -0.25) is 0 Å². The molecule has 0 unspecified atom stereocenters. The van der Waals surface area contributed by atoms with E-state index in [1.807, 2.05) is 0 Å². The van der Waals surface area contributed by atoms with Gasteiger partial charge < -0.3 is 14.4 Å². The van der Waals surface area contributed by atoms with E-state index in [2.05, 4.69) is 13.0 Å². The average Bonchev–Trinajstić information content (AvgIpc) is 2.75. The maximum absolute atomic E-state index is 5.38. The fourth-order valence-corrected chi connectivity index (χ4v) is 1.95. The molecule has 1 aliphatic heterocycles. The molecular formula is C12H16O4. The molecule has 88 valence electrons. The minimum absolute atomic E-state index is 0.465. The zero-order valence-electron chi connectivity index (χ0n) is 9.83. The quantitative estimate of drug-likeness (QED) is 0.736. The van der Waals surface area contributed by atoms with E-state index in [0.717, 1.165) is 29.7 Å². The van der Waals surface area contributed by atoms with E-state index in [1.165, 1.54) is 0 Å². The third kappa shape index (κ3) is 1.69. The van der Waals surface area contributed by atoms with Crippen molar-refractivity contribution in [3.63, 3.8) is 0 Å². The molecule has 0 bridgehead atoms. The van der Waals surface area contributed by atoms with Crippen LogP contribution in [0.3, 0.4) is 0 Å². The number of benzene rings is 1. The van der Waals surface area contributed by atoms with E-state index in [4.69, 9.17) is 19.2 Å². The number of methoxy groups -OCH3 is 2. The number of aryl methyl sites for hydroxylation is 1. The first kappa shape index (κ1) is 11.1. The van der Waals surface area contributed by atoms with Crippen molar-refractivity contribution in [2.24, 2.45) is 0 Å². The minimum atomic E-state index is 0.465. The third-order valence-electron chi connectivity index (χ3n) is 2.63. The SMILES string of the molecule is CCCc1cc2c(c(OC)c1OC)OOC2. The van der Waals surface area contributed by atoms with Gasteiger partial charge in [-0.05, 0) is 18.1 Å². The molecule has 0 saturated carbocycles. The van der Waals surface area contributed by atoms with Gasteiger partial charge in [0.05, 0.1) is 14.2 Å². The lowest BCUT2D eigenvalue weighted by Crippen LogP contribution is -1.98. The molecule has 2 rings (SSSR count). The Balaban J connectivity index is 2.54. The van der Waals surface area contributed by atoms with Crippen molar-refractivity contribution in [1.82, 2.24) is 0 Å². The fourth-order valence-electron chi connectivity index (χ4n) is 1.95. The molecule has 0 amide bonds. The van der Waals surface area contributed by atoms with Crippen molar-refractivity contribution in [2.75, 3.05) is 14.2 Å². The Hall–Kier alpha value is -1.42. The lowest BCUT2D eigenvalue weighted by molar-refractivity contribution is -0.195. The predicted molar refractivity (Wildman–Crippen MR) is 59.0 cm³/mol. The highest BCUT2D eigenvalue weighted by molar-refractivity contribution is 5.60. The molecule has 4 nitrogen and oxygen atoms in total. The monoisotopic (exact) mass is 224 g/mol. The zero-order chi connectivity index (χ0) is 11.5. The van der Waals surface area contributed by atoms with Crippen LogP contribution >= 0.6 is 0 Å². The Morgan fingerprint density at radius 2 is 2.00 bits per heavy atom. The summed E-state index contributed by atoms with van der Waals surface area (Å²) in [6.45, 7) is 2.60. The number of rotatable bonds is 4. The van der Waals surface area contributed by atoms with Crippen LogP contribution in [0.2, 0.25) is 0 Å². The minimum Gasteiger partial charge on any atom is -0.492 e. The largest absolute Gasteiger partial charge is 0.492 e. The second kappa shape index (κ2) is 4.61. The molecule has 0 aliphatic carbocycles. The molecule has 0 radical (unpaired) electrons. The van der Waals surface area contributed by atoms with E-state index < -0.39 is 0 Å². The summed E-state index contributed by atoms with van der Waals surface area (Å²) < 4.78 is 10.7. The van der Waals surface area contributed by atoms with Crippen LogP contribution in [0.4, 0.5) is 0 Å². The lowest BCUT2D eigenvalue weighted by atomic mass is 10.0. The van der Waals surface area contributed by atoms with Gasteiger partial charge in [-0.2, -0.15) is 4.89 Å². The zero-order valence-corrected chi connectivity index (χ0v) is 9.83. The maximum Gasteiger partial charge on any atom is 0.216 e. The molecule has 1 heterocycles. The highest BCUT2D eigenvalue weighted by Gasteiger charge is 2.25. The molecule has 0 saturated heterocycles.